The van der Waals surface area contributed by atoms with Crippen molar-refractivity contribution in [2.24, 2.45) is 0 Å². The highest BCUT2D eigenvalue weighted by Crippen LogP contribution is 2.15. The van der Waals surface area contributed by atoms with Crippen LogP contribution in [0.2, 0.25) is 0 Å². The summed E-state index contributed by atoms with van der Waals surface area (Å²) in [5.41, 5.74) is 0. The molecule has 0 heterocycles. The van der Waals surface area contributed by atoms with Gasteiger partial charge in [0.05, 0.1) is 23.7 Å². The van der Waals surface area contributed by atoms with Crippen LogP contribution >= 0.6 is 0 Å². The maximum absolute atomic E-state index is 12.0. The minimum Gasteiger partial charge on any atom is -0.378 e. The fraction of sp³-hybridized carbons (Fsp3) is 1.00. The molecule has 0 aromatic rings. The van der Waals surface area contributed by atoms with Crippen molar-refractivity contribution in [3.8, 4) is 0 Å². The van der Waals surface area contributed by atoms with E-state index in [1.807, 2.05) is 27.7 Å². The van der Waals surface area contributed by atoms with Gasteiger partial charge < -0.3 is 4.74 Å². The lowest BCUT2D eigenvalue weighted by Gasteiger charge is -2.16. The number of rotatable bonds is 9. The van der Waals surface area contributed by atoms with E-state index in [0.29, 0.717) is 6.61 Å². The molecule has 0 spiro atoms. The largest absolute Gasteiger partial charge is 0.378 e. The molecule has 0 rings (SSSR count). The Bertz CT molecular complexity index is 251. The fourth-order valence-electron chi connectivity index (χ4n) is 1.71. The zero-order valence-electron chi connectivity index (χ0n) is 11.0. The van der Waals surface area contributed by atoms with E-state index < -0.39 is 9.84 Å². The van der Waals surface area contributed by atoms with Gasteiger partial charge >= 0.3 is 0 Å². The average Bonchev–Trinajstić information content (AvgIpc) is 2.16. The summed E-state index contributed by atoms with van der Waals surface area (Å²) in [4.78, 5) is 0. The van der Waals surface area contributed by atoms with Crippen LogP contribution in [0, 0.1) is 0 Å². The number of hydrogen-bond acceptors (Lipinski definition) is 3. The smallest absolute Gasteiger partial charge is 0.155 e. The Labute approximate surface area is 100 Å². The van der Waals surface area contributed by atoms with E-state index in [4.69, 9.17) is 4.74 Å². The standard InChI is InChI=1S/C12H26O3S/c1-5-7-12(8-6-2)16(13,14)10-9-15-11(3)4/h11-12H,5-10H2,1-4H3. The zero-order chi connectivity index (χ0) is 12.6. The monoisotopic (exact) mass is 250 g/mol. The third-order valence-electron chi connectivity index (χ3n) is 2.55. The highest BCUT2D eigenvalue weighted by Gasteiger charge is 2.23. The van der Waals surface area contributed by atoms with Crippen molar-refractivity contribution in [3.63, 3.8) is 0 Å². The summed E-state index contributed by atoms with van der Waals surface area (Å²) in [7, 11) is -2.97. The highest BCUT2D eigenvalue weighted by atomic mass is 32.2. The summed E-state index contributed by atoms with van der Waals surface area (Å²) in [6, 6.07) is 0. The van der Waals surface area contributed by atoms with E-state index in [1.165, 1.54) is 0 Å². The number of hydrogen-bond donors (Lipinski definition) is 0. The summed E-state index contributed by atoms with van der Waals surface area (Å²) in [6.07, 6.45) is 3.51. The van der Waals surface area contributed by atoms with E-state index in [0.717, 1.165) is 25.7 Å². The van der Waals surface area contributed by atoms with Gasteiger partial charge in [-0.3, -0.25) is 0 Å². The van der Waals surface area contributed by atoms with Crippen molar-refractivity contribution in [1.29, 1.82) is 0 Å². The first kappa shape index (κ1) is 15.9. The molecule has 0 saturated heterocycles. The quantitative estimate of drug-likeness (QED) is 0.632. The van der Waals surface area contributed by atoms with Crippen molar-refractivity contribution in [2.45, 2.75) is 64.7 Å². The predicted octanol–water partition coefficient (Wildman–Crippen LogP) is 2.80. The molecule has 98 valence electrons. The van der Waals surface area contributed by atoms with Crippen LogP contribution in [0.4, 0.5) is 0 Å². The Hall–Kier alpha value is -0.0900. The van der Waals surface area contributed by atoms with Gasteiger partial charge in [0.25, 0.3) is 0 Å². The number of sulfone groups is 1. The van der Waals surface area contributed by atoms with Crippen LogP contribution in [-0.4, -0.2) is 32.1 Å². The SMILES string of the molecule is CCCC(CCC)S(=O)(=O)CCOC(C)C. The lowest BCUT2D eigenvalue weighted by Crippen LogP contribution is -2.26. The molecule has 0 saturated carbocycles. The van der Waals surface area contributed by atoms with Crippen LogP contribution in [-0.2, 0) is 14.6 Å². The van der Waals surface area contributed by atoms with Crippen LogP contribution in [0.3, 0.4) is 0 Å². The van der Waals surface area contributed by atoms with Crippen LogP contribution in [0.15, 0.2) is 0 Å². The van der Waals surface area contributed by atoms with Gasteiger partial charge in [0.2, 0.25) is 0 Å². The molecular weight excluding hydrogens is 224 g/mol. The molecule has 0 N–H and O–H groups in total. The Morgan fingerprint density at radius 3 is 1.94 bits per heavy atom. The molecule has 4 heteroatoms. The van der Waals surface area contributed by atoms with E-state index in [9.17, 15) is 8.42 Å². The van der Waals surface area contributed by atoms with Gasteiger partial charge in [-0.05, 0) is 26.7 Å². The topological polar surface area (TPSA) is 43.4 Å². The summed E-state index contributed by atoms with van der Waals surface area (Å²) >= 11 is 0. The predicted molar refractivity (Wildman–Crippen MR) is 68.5 cm³/mol. The fourth-order valence-corrected chi connectivity index (χ4v) is 3.57. The van der Waals surface area contributed by atoms with Crippen molar-refractivity contribution < 1.29 is 13.2 Å². The van der Waals surface area contributed by atoms with Gasteiger partial charge in [-0.2, -0.15) is 0 Å². The molecule has 16 heavy (non-hydrogen) atoms. The second kappa shape index (κ2) is 8.07. The van der Waals surface area contributed by atoms with Crippen LogP contribution in [0.5, 0.6) is 0 Å². The zero-order valence-corrected chi connectivity index (χ0v) is 11.8. The van der Waals surface area contributed by atoms with Crippen LogP contribution < -0.4 is 0 Å². The summed E-state index contributed by atoms with van der Waals surface area (Å²) in [6.45, 7) is 8.22. The van der Waals surface area contributed by atoms with E-state index in [2.05, 4.69) is 0 Å². The average molecular weight is 250 g/mol. The van der Waals surface area contributed by atoms with E-state index in [1.54, 1.807) is 0 Å². The first-order valence-corrected chi connectivity index (χ1v) is 7.98. The van der Waals surface area contributed by atoms with Gasteiger partial charge in [-0.15, -0.1) is 0 Å². The Morgan fingerprint density at radius 1 is 1.06 bits per heavy atom. The first-order valence-electron chi connectivity index (χ1n) is 6.27. The molecule has 3 nitrogen and oxygen atoms in total. The van der Waals surface area contributed by atoms with Crippen molar-refractivity contribution in [1.82, 2.24) is 0 Å². The lowest BCUT2D eigenvalue weighted by atomic mass is 10.2. The van der Waals surface area contributed by atoms with Gasteiger partial charge in [0.1, 0.15) is 0 Å². The Kier molecular flexibility index (Phi) is 8.02. The second-order valence-corrected chi connectivity index (χ2v) is 6.89. The normalized spacial score (nSPS) is 12.6. The van der Waals surface area contributed by atoms with Crippen LogP contribution in [0.1, 0.15) is 53.4 Å². The molecule has 0 fully saturated rings. The lowest BCUT2D eigenvalue weighted by molar-refractivity contribution is 0.0911. The Morgan fingerprint density at radius 2 is 1.56 bits per heavy atom. The van der Waals surface area contributed by atoms with Gasteiger partial charge in [-0.1, -0.05) is 26.7 Å². The minimum absolute atomic E-state index is 0.103. The van der Waals surface area contributed by atoms with E-state index >= 15 is 0 Å². The summed E-state index contributed by atoms with van der Waals surface area (Å²) in [5.74, 6) is 0.163. The summed E-state index contributed by atoms with van der Waals surface area (Å²) < 4.78 is 29.3. The molecule has 0 atom stereocenters. The Balaban J connectivity index is 4.24. The second-order valence-electron chi connectivity index (χ2n) is 4.49. The maximum atomic E-state index is 12.0. The van der Waals surface area contributed by atoms with Crippen molar-refractivity contribution in [2.75, 3.05) is 12.4 Å². The molecule has 0 amide bonds. The maximum Gasteiger partial charge on any atom is 0.155 e. The van der Waals surface area contributed by atoms with Gasteiger partial charge in [-0.25, -0.2) is 8.42 Å². The van der Waals surface area contributed by atoms with Gasteiger partial charge in [0, 0.05) is 0 Å². The third kappa shape index (κ3) is 6.48. The molecule has 0 aliphatic carbocycles. The summed E-state index contributed by atoms with van der Waals surface area (Å²) in [5, 5.41) is -0.168. The molecule has 0 bridgehead atoms. The molecule has 0 aromatic carbocycles. The minimum atomic E-state index is -2.97. The molecule has 0 radical (unpaired) electrons. The van der Waals surface area contributed by atoms with Crippen molar-refractivity contribution >= 4 is 9.84 Å². The molecule has 0 aromatic heterocycles. The first-order chi connectivity index (χ1) is 7.44. The highest BCUT2D eigenvalue weighted by molar-refractivity contribution is 7.92. The van der Waals surface area contributed by atoms with Gasteiger partial charge in [0.15, 0.2) is 9.84 Å². The number of ether oxygens (including phenoxy) is 1. The van der Waals surface area contributed by atoms with Crippen LogP contribution in [0.25, 0.3) is 0 Å². The third-order valence-corrected chi connectivity index (χ3v) is 4.77. The molecule has 0 unspecified atom stereocenters. The van der Waals surface area contributed by atoms with Crippen molar-refractivity contribution in [3.05, 3.63) is 0 Å². The molecular formula is C12H26O3S. The molecule has 0 aliphatic rings. The van der Waals surface area contributed by atoms with E-state index in [-0.39, 0.29) is 17.1 Å². The molecule has 0 aliphatic heterocycles.